The third-order valence-corrected chi connectivity index (χ3v) is 6.64. The zero-order valence-corrected chi connectivity index (χ0v) is 19.6. The molecule has 2 aliphatic heterocycles. The summed E-state index contributed by atoms with van der Waals surface area (Å²) in [5.74, 6) is -1.60. The van der Waals surface area contributed by atoms with Crippen molar-refractivity contribution in [2.24, 2.45) is 5.16 Å². The first-order chi connectivity index (χ1) is 16.8. The van der Waals surface area contributed by atoms with Gasteiger partial charge in [0.2, 0.25) is 11.5 Å². The Morgan fingerprint density at radius 2 is 2.11 bits per heavy atom. The summed E-state index contributed by atoms with van der Waals surface area (Å²) in [7, 11) is 1.25. The van der Waals surface area contributed by atoms with E-state index in [1.54, 1.807) is 6.08 Å². The van der Waals surface area contributed by atoms with E-state index in [2.05, 4.69) is 19.8 Å². The molecule has 0 aliphatic carbocycles. The second-order valence-corrected chi connectivity index (χ2v) is 8.98. The largest absolute Gasteiger partial charge is 0.456 e. The van der Waals surface area contributed by atoms with Crippen LogP contribution in [0.2, 0.25) is 0 Å². The maximum atomic E-state index is 12.8. The number of oxime groups is 1. The quantitative estimate of drug-likeness (QED) is 0.161. The molecule has 3 N–H and O–H groups in total. The van der Waals surface area contributed by atoms with Crippen LogP contribution >= 0.6 is 23.3 Å². The van der Waals surface area contributed by atoms with Gasteiger partial charge in [-0.1, -0.05) is 5.16 Å². The standard InChI is InChI=1S/C19H17N7O7S2/c1-32-23-12(14-22-19(20)35-24-14)15(27)21-13-16(28)25-11(6-7-34-17(13)25)18(29)33-8-9-2-4-10(5-3-9)26(30)31/h2-6,13,17H,7-8H2,1H3,(H,21,27)(H2,20,22,24)/t13?,17-/m0/s1. The summed E-state index contributed by atoms with van der Waals surface area (Å²) < 4.78 is 9.22. The lowest BCUT2D eigenvalue weighted by Gasteiger charge is -2.48. The Hall–Kier alpha value is -4.05. The molecule has 14 nitrogen and oxygen atoms in total. The van der Waals surface area contributed by atoms with Crippen molar-refractivity contribution >= 4 is 57.6 Å². The number of hydrogen-bond acceptors (Lipinski definition) is 13. The number of amides is 2. The van der Waals surface area contributed by atoms with E-state index in [0.717, 1.165) is 11.5 Å². The van der Waals surface area contributed by atoms with Gasteiger partial charge in [0.1, 0.15) is 30.8 Å². The number of aromatic nitrogens is 2. The second-order valence-electron chi connectivity index (χ2n) is 7.05. The first kappa shape index (κ1) is 24.1. The van der Waals surface area contributed by atoms with Crippen LogP contribution in [0.25, 0.3) is 0 Å². The zero-order chi connectivity index (χ0) is 25.1. The molecule has 2 aromatic rings. The maximum absolute atomic E-state index is 12.8. The molecule has 2 aliphatic rings. The highest BCUT2D eigenvalue weighted by Crippen LogP contribution is 2.38. The summed E-state index contributed by atoms with van der Waals surface area (Å²) >= 11 is 2.23. The Morgan fingerprint density at radius 3 is 2.74 bits per heavy atom. The van der Waals surface area contributed by atoms with Crippen molar-refractivity contribution in [3.63, 3.8) is 0 Å². The Morgan fingerprint density at radius 1 is 1.37 bits per heavy atom. The summed E-state index contributed by atoms with van der Waals surface area (Å²) in [6, 6.07) is 4.64. The van der Waals surface area contributed by atoms with Crippen molar-refractivity contribution in [1.82, 2.24) is 19.6 Å². The third kappa shape index (κ3) is 4.92. The summed E-state index contributed by atoms with van der Waals surface area (Å²) in [5, 5.41) is 16.6. The molecule has 1 unspecified atom stereocenters. The fourth-order valence-corrected chi connectivity index (χ4v) is 4.91. The van der Waals surface area contributed by atoms with Crippen LogP contribution in [0.15, 0.2) is 41.2 Å². The number of ether oxygens (including phenoxy) is 1. The number of β-lactam (4-membered cyclic amide) rings is 1. The number of hydrogen-bond donors (Lipinski definition) is 2. The topological polar surface area (TPSA) is 192 Å². The van der Waals surface area contributed by atoms with E-state index in [1.807, 2.05) is 0 Å². The van der Waals surface area contributed by atoms with Crippen molar-refractivity contribution in [2.75, 3.05) is 18.6 Å². The number of anilines is 1. The average Bonchev–Trinajstić information content (AvgIpc) is 3.29. The van der Waals surface area contributed by atoms with Gasteiger partial charge in [-0.25, -0.2) is 4.79 Å². The Labute approximate surface area is 205 Å². The molecule has 1 fully saturated rings. The lowest BCUT2D eigenvalue weighted by Crippen LogP contribution is -2.70. The summed E-state index contributed by atoms with van der Waals surface area (Å²) in [4.78, 5) is 58.3. The highest BCUT2D eigenvalue weighted by atomic mass is 32.2. The lowest BCUT2D eigenvalue weighted by molar-refractivity contribution is -0.384. The predicted octanol–water partition coefficient (Wildman–Crippen LogP) is 0.406. The molecule has 0 saturated carbocycles. The molecular formula is C19H17N7O7S2. The van der Waals surface area contributed by atoms with E-state index in [-0.39, 0.29) is 34.7 Å². The number of non-ortho nitro benzene ring substituents is 1. The van der Waals surface area contributed by atoms with Crippen LogP contribution in [0.1, 0.15) is 11.4 Å². The van der Waals surface area contributed by atoms with Crippen molar-refractivity contribution in [1.29, 1.82) is 0 Å². The maximum Gasteiger partial charge on any atom is 0.355 e. The van der Waals surface area contributed by atoms with Crippen LogP contribution in [0.3, 0.4) is 0 Å². The molecule has 182 valence electrons. The monoisotopic (exact) mass is 519 g/mol. The van der Waals surface area contributed by atoms with Crippen molar-refractivity contribution in [3.05, 3.63) is 57.5 Å². The number of nitrogens with one attached hydrogen (secondary N) is 1. The van der Waals surface area contributed by atoms with Crippen LogP contribution in [0.5, 0.6) is 0 Å². The molecule has 0 spiro atoms. The van der Waals surface area contributed by atoms with Crippen LogP contribution < -0.4 is 11.1 Å². The molecule has 35 heavy (non-hydrogen) atoms. The van der Waals surface area contributed by atoms with Crippen LogP contribution in [-0.4, -0.2) is 67.0 Å². The lowest BCUT2D eigenvalue weighted by atomic mass is 10.0. The molecule has 0 bridgehead atoms. The number of nitro groups is 1. The number of carbonyl (C=O) groups excluding carboxylic acids is 3. The minimum Gasteiger partial charge on any atom is -0.456 e. The second kappa shape index (κ2) is 10.1. The van der Waals surface area contributed by atoms with Gasteiger partial charge in [0, 0.05) is 29.4 Å². The van der Waals surface area contributed by atoms with Gasteiger partial charge in [-0.05, 0) is 23.8 Å². The fraction of sp³-hybridized carbons (Fsp3) is 0.263. The van der Waals surface area contributed by atoms with E-state index >= 15 is 0 Å². The normalized spacial score (nSPS) is 19.2. The smallest absolute Gasteiger partial charge is 0.355 e. The van der Waals surface area contributed by atoms with E-state index < -0.39 is 34.1 Å². The molecule has 3 heterocycles. The number of nitrogens with two attached hydrogens (primary N) is 1. The molecule has 16 heteroatoms. The number of nitro benzene ring substituents is 1. The van der Waals surface area contributed by atoms with Crippen molar-refractivity contribution in [2.45, 2.75) is 18.0 Å². The van der Waals surface area contributed by atoms with E-state index in [9.17, 15) is 24.5 Å². The SMILES string of the molecule is CON=C(C(=O)NC1C(=O)N2C(C(=O)OCc3ccc([N+](=O)[O-])cc3)=CCS[C@@H]12)c1nsc(N)n1. The molecule has 1 saturated heterocycles. The number of benzene rings is 1. The van der Waals surface area contributed by atoms with Crippen LogP contribution in [0.4, 0.5) is 10.8 Å². The Bertz CT molecular complexity index is 1240. The molecule has 4 rings (SSSR count). The number of carbonyl (C=O) groups is 3. The Kier molecular flexibility index (Phi) is 6.92. The highest BCUT2D eigenvalue weighted by Gasteiger charge is 2.53. The molecular weight excluding hydrogens is 502 g/mol. The highest BCUT2D eigenvalue weighted by molar-refractivity contribution is 8.00. The minimum absolute atomic E-state index is 0.0396. The van der Waals surface area contributed by atoms with Crippen molar-refractivity contribution < 1.29 is 28.9 Å². The van der Waals surface area contributed by atoms with Gasteiger partial charge < -0.3 is 20.6 Å². The van der Waals surface area contributed by atoms with Gasteiger partial charge in [-0.3, -0.25) is 24.6 Å². The number of nitrogen functional groups attached to an aromatic ring is 1. The van der Waals surface area contributed by atoms with E-state index in [0.29, 0.717) is 11.3 Å². The average molecular weight is 520 g/mol. The molecule has 0 radical (unpaired) electrons. The zero-order valence-electron chi connectivity index (χ0n) is 17.9. The Balaban J connectivity index is 1.38. The number of fused-ring (bicyclic) bond motifs is 1. The third-order valence-electron chi connectivity index (χ3n) is 4.91. The number of nitrogens with zero attached hydrogens (tertiary/aromatic N) is 5. The first-order valence-corrected chi connectivity index (χ1v) is 11.7. The van der Waals surface area contributed by atoms with Gasteiger partial charge in [0.25, 0.3) is 17.5 Å². The number of thioether (sulfide) groups is 1. The van der Waals surface area contributed by atoms with Gasteiger partial charge in [0.15, 0.2) is 5.13 Å². The van der Waals surface area contributed by atoms with Gasteiger partial charge in [-0.15, -0.1) is 11.8 Å². The number of rotatable bonds is 8. The first-order valence-electron chi connectivity index (χ1n) is 9.87. The molecule has 2 amide bonds. The molecule has 2 atom stereocenters. The van der Waals surface area contributed by atoms with Gasteiger partial charge in [0.05, 0.1) is 4.92 Å². The molecule has 1 aromatic heterocycles. The summed E-state index contributed by atoms with van der Waals surface area (Å²) in [5.41, 5.74) is 5.84. The molecule has 1 aromatic carbocycles. The van der Waals surface area contributed by atoms with E-state index in [4.69, 9.17) is 15.3 Å². The van der Waals surface area contributed by atoms with E-state index in [1.165, 1.54) is 48.0 Å². The van der Waals surface area contributed by atoms with Gasteiger partial charge >= 0.3 is 5.97 Å². The fourth-order valence-electron chi connectivity index (χ4n) is 3.28. The van der Waals surface area contributed by atoms with Gasteiger partial charge in [-0.2, -0.15) is 9.36 Å². The van der Waals surface area contributed by atoms with Crippen LogP contribution in [0, 0.1) is 10.1 Å². The van der Waals surface area contributed by atoms with Crippen molar-refractivity contribution in [3.8, 4) is 0 Å². The summed E-state index contributed by atoms with van der Waals surface area (Å²) in [6.45, 7) is -0.130. The predicted molar refractivity (Wildman–Crippen MR) is 124 cm³/mol. The minimum atomic E-state index is -0.920. The summed E-state index contributed by atoms with van der Waals surface area (Å²) in [6.07, 6.45) is 1.56. The van der Waals surface area contributed by atoms with Crippen LogP contribution in [-0.2, 0) is 30.6 Å². The number of esters is 1.